The molecule has 0 saturated heterocycles. The third-order valence-corrected chi connectivity index (χ3v) is 2.05. The first kappa shape index (κ1) is 15.8. The Morgan fingerprint density at radius 1 is 1.00 bits per heavy atom. The fraction of sp³-hybridized carbons (Fsp3) is 0.200. The molecule has 0 aromatic rings. The van der Waals surface area contributed by atoms with Gasteiger partial charge in [-0.2, -0.15) is 10.2 Å². The van der Waals surface area contributed by atoms with E-state index in [0.29, 0.717) is 0 Å². The van der Waals surface area contributed by atoms with Crippen LogP contribution in [0.25, 0.3) is 0 Å². The van der Waals surface area contributed by atoms with Gasteiger partial charge in [0.1, 0.15) is 0 Å². The average Bonchev–Trinajstić information content (AvgIpc) is 2.41. The molecule has 0 rings (SSSR count). The van der Waals surface area contributed by atoms with Crippen LogP contribution in [0.5, 0.6) is 0 Å². The molecule has 0 unspecified atom stereocenters. The van der Waals surface area contributed by atoms with Gasteiger partial charge in [0.25, 0.3) is 0 Å². The first-order valence-corrected chi connectivity index (χ1v) is 5.76. The second-order valence-electron chi connectivity index (χ2n) is 3.33. The highest BCUT2D eigenvalue weighted by molar-refractivity contribution is 5.25. The molecule has 96 valence electrons. The smallest absolute Gasteiger partial charge is 0.0815 e. The van der Waals surface area contributed by atoms with Crippen LogP contribution in [-0.2, 0) is 0 Å². The molecule has 1 N–H and O–H groups in total. The molecule has 0 aliphatic rings. The Kier molecular flexibility index (Phi) is 8.82. The zero-order valence-corrected chi connectivity index (χ0v) is 11.4. The van der Waals surface area contributed by atoms with Gasteiger partial charge in [-0.3, -0.25) is 0 Å². The van der Waals surface area contributed by atoms with Gasteiger partial charge in [-0.05, 0) is 32.1 Å². The minimum Gasteiger partial charge on any atom is -0.389 e. The van der Waals surface area contributed by atoms with Crippen molar-refractivity contribution in [2.45, 2.75) is 13.8 Å². The molecule has 0 aliphatic heterocycles. The van der Waals surface area contributed by atoms with Gasteiger partial charge in [0, 0.05) is 12.7 Å². The van der Waals surface area contributed by atoms with E-state index in [-0.39, 0.29) is 0 Å². The Bertz CT molecular complexity index is 421. The van der Waals surface area contributed by atoms with Crippen LogP contribution in [-0.4, -0.2) is 7.05 Å². The van der Waals surface area contributed by atoms with Gasteiger partial charge in [0.2, 0.25) is 0 Å². The molecule has 0 heterocycles. The molecule has 0 bridgehead atoms. The van der Waals surface area contributed by atoms with Crippen LogP contribution < -0.4 is 5.32 Å². The second-order valence-corrected chi connectivity index (χ2v) is 3.33. The Hall–Kier alpha value is -2.16. The number of rotatable bonds is 7. The maximum Gasteiger partial charge on any atom is 0.0815 e. The summed E-state index contributed by atoms with van der Waals surface area (Å²) in [5.74, 6) is 0. The summed E-state index contributed by atoms with van der Waals surface area (Å²) in [6, 6.07) is 0. The molecule has 0 aromatic carbocycles. The van der Waals surface area contributed by atoms with E-state index < -0.39 is 0 Å². The summed E-state index contributed by atoms with van der Waals surface area (Å²) >= 11 is 0. The fourth-order valence-corrected chi connectivity index (χ4v) is 0.926. The predicted molar refractivity (Wildman–Crippen MR) is 79.0 cm³/mol. The molecule has 0 radical (unpaired) electrons. The normalized spacial score (nSPS) is 13.7. The topological polar surface area (TPSA) is 36.8 Å². The summed E-state index contributed by atoms with van der Waals surface area (Å²) in [7, 11) is 1.82. The average molecular weight is 243 g/mol. The molecular formula is C15H21N3. The van der Waals surface area contributed by atoms with E-state index in [1.807, 2.05) is 57.4 Å². The number of nitrogens with zero attached hydrogens (tertiary/aromatic N) is 2. The van der Waals surface area contributed by atoms with E-state index in [4.69, 9.17) is 0 Å². The summed E-state index contributed by atoms with van der Waals surface area (Å²) in [6.07, 6.45) is 12.8. The number of likely N-dealkylation sites (N-methyl/N-ethyl adjacent to an activating group) is 1. The minimum atomic E-state index is 0.776. The Balaban J connectivity index is 4.73. The largest absolute Gasteiger partial charge is 0.389 e. The summed E-state index contributed by atoms with van der Waals surface area (Å²) in [5.41, 5.74) is 2.38. The van der Waals surface area contributed by atoms with Crippen molar-refractivity contribution in [2.75, 3.05) is 7.05 Å². The number of allylic oxidation sites excluding steroid dienone is 7. The minimum absolute atomic E-state index is 0.776. The lowest BCUT2D eigenvalue weighted by atomic mass is 10.3. The molecule has 0 aliphatic carbocycles. The van der Waals surface area contributed by atoms with Crippen LogP contribution in [0.15, 0.2) is 83.0 Å². The highest BCUT2D eigenvalue weighted by atomic mass is 15.1. The SMILES string of the molecule is C=C\C=C/C(=C\C)/N=N/C(/C=C\C(=C)NC)=C/C. The van der Waals surface area contributed by atoms with Gasteiger partial charge in [0.05, 0.1) is 11.4 Å². The zero-order chi connectivity index (χ0) is 13.8. The van der Waals surface area contributed by atoms with Crippen LogP contribution in [0.2, 0.25) is 0 Å². The molecule has 0 amide bonds. The van der Waals surface area contributed by atoms with Crippen molar-refractivity contribution in [3.63, 3.8) is 0 Å². The summed E-state index contributed by atoms with van der Waals surface area (Å²) in [5, 5.41) is 11.2. The lowest BCUT2D eigenvalue weighted by Crippen LogP contribution is -2.00. The number of nitrogens with one attached hydrogen (secondary N) is 1. The Morgan fingerprint density at radius 2 is 1.56 bits per heavy atom. The molecule has 0 atom stereocenters. The molecule has 0 aromatic heterocycles. The lowest BCUT2D eigenvalue weighted by molar-refractivity contribution is 1.04. The second kappa shape index (κ2) is 10.0. The van der Waals surface area contributed by atoms with Crippen LogP contribution in [0, 0.1) is 0 Å². The summed E-state index contributed by atoms with van der Waals surface area (Å²) in [6.45, 7) is 11.2. The van der Waals surface area contributed by atoms with Crippen molar-refractivity contribution in [1.29, 1.82) is 0 Å². The highest BCUT2D eigenvalue weighted by Gasteiger charge is 1.89. The molecule has 0 spiro atoms. The number of azo groups is 1. The molecule has 18 heavy (non-hydrogen) atoms. The first-order valence-electron chi connectivity index (χ1n) is 5.76. The van der Waals surface area contributed by atoms with Crippen LogP contribution >= 0.6 is 0 Å². The highest BCUT2D eigenvalue weighted by Crippen LogP contribution is 2.07. The fourth-order valence-electron chi connectivity index (χ4n) is 0.926. The Morgan fingerprint density at radius 3 is 2.00 bits per heavy atom. The van der Waals surface area contributed by atoms with Gasteiger partial charge in [-0.15, -0.1) is 0 Å². The van der Waals surface area contributed by atoms with Crippen molar-refractivity contribution < 1.29 is 0 Å². The first-order chi connectivity index (χ1) is 8.67. The van der Waals surface area contributed by atoms with E-state index in [9.17, 15) is 0 Å². The van der Waals surface area contributed by atoms with Crippen LogP contribution in [0.3, 0.4) is 0 Å². The molecule has 0 saturated carbocycles. The standard InChI is InChI=1S/C15H21N3/c1-6-9-10-14(7-2)17-18-15(8-3)12-11-13(4)16-5/h6-12,16H,1,4H2,2-3,5H3/b10-9-,12-11-,14-7+,15-8+,18-17+. The van der Waals surface area contributed by atoms with Crippen molar-refractivity contribution in [3.8, 4) is 0 Å². The van der Waals surface area contributed by atoms with E-state index in [0.717, 1.165) is 17.1 Å². The Labute approximate surface area is 110 Å². The predicted octanol–water partition coefficient (Wildman–Crippen LogP) is 4.28. The maximum atomic E-state index is 4.15. The van der Waals surface area contributed by atoms with Gasteiger partial charge < -0.3 is 5.32 Å². The molecule has 3 nitrogen and oxygen atoms in total. The van der Waals surface area contributed by atoms with E-state index >= 15 is 0 Å². The quantitative estimate of drug-likeness (QED) is 0.526. The maximum absolute atomic E-state index is 4.15. The summed E-state index contributed by atoms with van der Waals surface area (Å²) in [4.78, 5) is 0. The van der Waals surface area contributed by atoms with Gasteiger partial charge in [-0.1, -0.05) is 37.5 Å². The monoisotopic (exact) mass is 243 g/mol. The van der Waals surface area contributed by atoms with Gasteiger partial charge >= 0.3 is 0 Å². The lowest BCUT2D eigenvalue weighted by Gasteiger charge is -1.96. The van der Waals surface area contributed by atoms with Crippen molar-refractivity contribution in [3.05, 3.63) is 72.8 Å². The van der Waals surface area contributed by atoms with Gasteiger partial charge in [-0.25, -0.2) is 0 Å². The zero-order valence-electron chi connectivity index (χ0n) is 11.4. The summed E-state index contributed by atoms with van der Waals surface area (Å²) < 4.78 is 0. The molecular weight excluding hydrogens is 222 g/mol. The van der Waals surface area contributed by atoms with E-state index in [2.05, 4.69) is 28.7 Å². The van der Waals surface area contributed by atoms with Gasteiger partial charge in [0.15, 0.2) is 0 Å². The van der Waals surface area contributed by atoms with E-state index in [1.165, 1.54) is 0 Å². The van der Waals surface area contributed by atoms with Crippen LogP contribution in [0.1, 0.15) is 13.8 Å². The number of hydrogen-bond acceptors (Lipinski definition) is 3. The van der Waals surface area contributed by atoms with Crippen LogP contribution in [0.4, 0.5) is 0 Å². The van der Waals surface area contributed by atoms with Crippen molar-refractivity contribution in [2.24, 2.45) is 10.2 Å². The van der Waals surface area contributed by atoms with Crippen molar-refractivity contribution >= 4 is 0 Å². The molecule has 0 fully saturated rings. The number of hydrogen-bond donors (Lipinski definition) is 1. The third-order valence-electron chi connectivity index (χ3n) is 2.05. The van der Waals surface area contributed by atoms with E-state index in [1.54, 1.807) is 6.08 Å². The molecule has 3 heteroatoms. The van der Waals surface area contributed by atoms with Crippen molar-refractivity contribution in [1.82, 2.24) is 5.32 Å². The third kappa shape index (κ3) is 7.17.